The molecule has 2 heterocycles. The lowest BCUT2D eigenvalue weighted by Gasteiger charge is -2.34. The summed E-state index contributed by atoms with van der Waals surface area (Å²) in [6.07, 6.45) is 0. The lowest BCUT2D eigenvalue weighted by Crippen LogP contribution is -2.46. The van der Waals surface area contributed by atoms with Crippen molar-refractivity contribution in [3.8, 4) is 0 Å². The van der Waals surface area contributed by atoms with Gasteiger partial charge in [0.2, 0.25) is 5.13 Å². The van der Waals surface area contributed by atoms with Crippen LogP contribution in [-0.4, -0.2) is 40.4 Å². The summed E-state index contributed by atoms with van der Waals surface area (Å²) in [7, 11) is 0. The zero-order valence-electron chi connectivity index (χ0n) is 11.7. The van der Waals surface area contributed by atoms with E-state index in [4.69, 9.17) is 0 Å². The molecule has 21 heavy (non-hydrogen) atoms. The molecule has 0 unspecified atom stereocenters. The van der Waals surface area contributed by atoms with E-state index < -0.39 is 0 Å². The van der Waals surface area contributed by atoms with Crippen LogP contribution in [0, 0.1) is 12.7 Å². The van der Waals surface area contributed by atoms with Crippen LogP contribution >= 0.6 is 27.5 Å². The van der Waals surface area contributed by atoms with Crippen molar-refractivity contribution in [2.45, 2.75) is 13.5 Å². The molecule has 0 N–H and O–H groups in total. The third-order valence-electron chi connectivity index (χ3n) is 3.59. The van der Waals surface area contributed by atoms with Crippen LogP contribution in [0.3, 0.4) is 0 Å². The summed E-state index contributed by atoms with van der Waals surface area (Å²) in [4.78, 5) is 8.94. The Kier molecular flexibility index (Phi) is 4.51. The first-order valence-electron chi connectivity index (χ1n) is 6.84. The predicted octanol–water partition coefficient (Wildman–Crippen LogP) is 3.07. The van der Waals surface area contributed by atoms with E-state index in [2.05, 4.69) is 35.1 Å². The van der Waals surface area contributed by atoms with Gasteiger partial charge in [-0.15, -0.1) is 0 Å². The summed E-state index contributed by atoms with van der Waals surface area (Å²) >= 11 is 4.68. The summed E-state index contributed by atoms with van der Waals surface area (Å²) in [6.45, 7) is 6.18. The van der Waals surface area contributed by atoms with Crippen LogP contribution in [0.4, 0.5) is 9.52 Å². The second kappa shape index (κ2) is 6.37. The minimum atomic E-state index is -0.153. The number of hydrogen-bond donors (Lipinski definition) is 0. The van der Waals surface area contributed by atoms with Gasteiger partial charge in [0.1, 0.15) is 11.6 Å². The number of benzene rings is 1. The molecule has 1 aromatic heterocycles. The SMILES string of the molecule is Cc1nsc(N2CCN(Cc3cccc(Br)c3F)CC2)n1. The van der Waals surface area contributed by atoms with Crippen molar-refractivity contribution in [2.24, 2.45) is 0 Å². The maximum atomic E-state index is 14.0. The van der Waals surface area contributed by atoms with Gasteiger partial charge in [0.25, 0.3) is 0 Å². The average Bonchev–Trinajstić information content (AvgIpc) is 2.91. The van der Waals surface area contributed by atoms with Gasteiger partial charge in [-0.1, -0.05) is 12.1 Å². The Hall–Kier alpha value is -1.05. The van der Waals surface area contributed by atoms with Crippen LogP contribution in [-0.2, 0) is 6.54 Å². The van der Waals surface area contributed by atoms with E-state index >= 15 is 0 Å². The Morgan fingerprint density at radius 2 is 2.05 bits per heavy atom. The highest BCUT2D eigenvalue weighted by atomic mass is 79.9. The number of aromatic nitrogens is 2. The van der Waals surface area contributed by atoms with Crippen LogP contribution in [0.15, 0.2) is 22.7 Å². The fourth-order valence-electron chi connectivity index (χ4n) is 2.42. The maximum absolute atomic E-state index is 14.0. The van der Waals surface area contributed by atoms with Crippen molar-refractivity contribution < 1.29 is 4.39 Å². The summed E-state index contributed by atoms with van der Waals surface area (Å²) in [6, 6.07) is 5.46. The largest absolute Gasteiger partial charge is 0.344 e. The van der Waals surface area contributed by atoms with Gasteiger partial charge < -0.3 is 4.90 Å². The third kappa shape index (κ3) is 3.41. The molecular formula is C14H16BrFN4S. The van der Waals surface area contributed by atoms with E-state index in [-0.39, 0.29) is 5.82 Å². The first-order valence-corrected chi connectivity index (χ1v) is 8.40. The number of piperazine rings is 1. The molecule has 1 aliphatic rings. The van der Waals surface area contributed by atoms with Gasteiger partial charge >= 0.3 is 0 Å². The zero-order valence-corrected chi connectivity index (χ0v) is 14.1. The topological polar surface area (TPSA) is 32.3 Å². The van der Waals surface area contributed by atoms with Gasteiger partial charge in [0.15, 0.2) is 0 Å². The summed E-state index contributed by atoms with van der Waals surface area (Å²) in [5.41, 5.74) is 0.740. The Balaban J connectivity index is 1.60. The molecule has 2 aromatic rings. The normalized spacial score (nSPS) is 16.4. The van der Waals surface area contributed by atoms with Gasteiger partial charge in [-0.25, -0.2) is 9.37 Å². The van der Waals surface area contributed by atoms with E-state index in [0.717, 1.165) is 42.7 Å². The second-order valence-electron chi connectivity index (χ2n) is 5.10. The molecule has 1 aromatic carbocycles. The smallest absolute Gasteiger partial charge is 0.205 e. The Morgan fingerprint density at radius 3 is 2.71 bits per heavy atom. The van der Waals surface area contributed by atoms with Crippen molar-refractivity contribution in [2.75, 3.05) is 31.1 Å². The fourth-order valence-corrected chi connectivity index (χ4v) is 3.56. The molecule has 0 radical (unpaired) electrons. The average molecular weight is 371 g/mol. The minimum absolute atomic E-state index is 0.153. The van der Waals surface area contributed by atoms with Gasteiger partial charge in [0.05, 0.1) is 4.47 Å². The first-order chi connectivity index (χ1) is 10.1. The van der Waals surface area contributed by atoms with Gasteiger partial charge in [-0.2, -0.15) is 4.37 Å². The Morgan fingerprint density at radius 1 is 1.29 bits per heavy atom. The number of nitrogens with zero attached hydrogens (tertiary/aromatic N) is 4. The highest BCUT2D eigenvalue weighted by Gasteiger charge is 2.20. The van der Waals surface area contributed by atoms with Crippen molar-refractivity contribution in [3.63, 3.8) is 0 Å². The molecule has 0 aliphatic carbocycles. The third-order valence-corrected chi connectivity index (χ3v) is 5.07. The van der Waals surface area contributed by atoms with Gasteiger partial charge in [-0.05, 0) is 28.9 Å². The van der Waals surface area contributed by atoms with Crippen molar-refractivity contribution in [1.29, 1.82) is 0 Å². The highest BCUT2D eigenvalue weighted by Crippen LogP contribution is 2.22. The second-order valence-corrected chi connectivity index (χ2v) is 6.68. The van der Waals surface area contributed by atoms with Gasteiger partial charge in [0, 0.05) is 49.8 Å². The van der Waals surface area contributed by atoms with Crippen LogP contribution in [0.5, 0.6) is 0 Å². The minimum Gasteiger partial charge on any atom is -0.344 e. The molecular weight excluding hydrogens is 355 g/mol. The van der Waals surface area contributed by atoms with Crippen LogP contribution in [0.25, 0.3) is 0 Å². The first kappa shape index (κ1) is 14.9. The molecule has 0 atom stereocenters. The molecule has 0 amide bonds. The lowest BCUT2D eigenvalue weighted by atomic mass is 10.2. The molecule has 1 aliphatic heterocycles. The predicted molar refractivity (Wildman–Crippen MR) is 86.2 cm³/mol. The molecule has 1 fully saturated rings. The monoisotopic (exact) mass is 370 g/mol. The fraction of sp³-hybridized carbons (Fsp3) is 0.429. The summed E-state index contributed by atoms with van der Waals surface area (Å²) in [5.74, 6) is 0.674. The number of anilines is 1. The van der Waals surface area contributed by atoms with Gasteiger partial charge in [-0.3, -0.25) is 4.90 Å². The Bertz CT molecular complexity index is 625. The lowest BCUT2D eigenvalue weighted by molar-refractivity contribution is 0.246. The highest BCUT2D eigenvalue weighted by molar-refractivity contribution is 9.10. The van der Waals surface area contributed by atoms with E-state index in [0.29, 0.717) is 11.0 Å². The number of rotatable bonds is 3. The van der Waals surface area contributed by atoms with Crippen LogP contribution in [0.1, 0.15) is 11.4 Å². The number of aryl methyl sites for hydroxylation is 1. The van der Waals surface area contributed by atoms with E-state index in [1.165, 1.54) is 11.5 Å². The van der Waals surface area contributed by atoms with Crippen molar-refractivity contribution in [1.82, 2.24) is 14.3 Å². The molecule has 0 saturated carbocycles. The summed E-state index contributed by atoms with van der Waals surface area (Å²) in [5, 5.41) is 0.987. The molecule has 112 valence electrons. The molecule has 3 rings (SSSR count). The molecule has 0 bridgehead atoms. The molecule has 1 saturated heterocycles. The van der Waals surface area contributed by atoms with Crippen molar-refractivity contribution in [3.05, 3.63) is 39.9 Å². The van der Waals surface area contributed by atoms with Crippen LogP contribution in [0.2, 0.25) is 0 Å². The molecule has 4 nitrogen and oxygen atoms in total. The zero-order chi connectivity index (χ0) is 14.8. The van der Waals surface area contributed by atoms with E-state index in [1.54, 1.807) is 6.07 Å². The van der Waals surface area contributed by atoms with E-state index in [9.17, 15) is 4.39 Å². The van der Waals surface area contributed by atoms with Crippen LogP contribution < -0.4 is 4.90 Å². The standard InChI is InChI=1S/C14H16BrFN4S/c1-10-17-14(21-18-10)20-7-5-19(6-8-20)9-11-3-2-4-12(15)13(11)16/h2-4H,5-9H2,1H3. The van der Waals surface area contributed by atoms with Crippen molar-refractivity contribution >= 4 is 32.6 Å². The molecule has 7 heteroatoms. The van der Waals surface area contributed by atoms with E-state index in [1.807, 2.05) is 19.1 Å². The molecule has 0 spiro atoms. The Labute approximate surface area is 135 Å². The number of halogens is 2. The maximum Gasteiger partial charge on any atom is 0.205 e. The summed E-state index contributed by atoms with van der Waals surface area (Å²) < 4.78 is 18.8. The quantitative estimate of drug-likeness (QED) is 0.830. The number of hydrogen-bond acceptors (Lipinski definition) is 5.